The monoisotopic (exact) mass is 245 g/mol. The normalized spacial score (nSPS) is 12.2. The van der Waals surface area contributed by atoms with E-state index in [0.29, 0.717) is 6.54 Å². The largest absolute Gasteiger partial charge is 0.269 e. The molecule has 0 saturated heterocycles. The van der Waals surface area contributed by atoms with Crippen molar-refractivity contribution in [3.8, 4) is 0 Å². The van der Waals surface area contributed by atoms with Crippen molar-refractivity contribution in [1.82, 2.24) is 14.5 Å². The number of unbranched alkanes of at least 4 members (excludes halogenated alkanes) is 1. The molecule has 16 heavy (non-hydrogen) atoms. The summed E-state index contributed by atoms with van der Waals surface area (Å²) >= 11 is 0. The number of aromatic nitrogens is 2. The Balaban J connectivity index is 2.74. The van der Waals surface area contributed by atoms with Crippen LogP contribution in [0.15, 0.2) is 17.3 Å². The lowest BCUT2D eigenvalue weighted by molar-refractivity contribution is 0.531. The summed E-state index contributed by atoms with van der Waals surface area (Å²) in [7, 11) is -3.38. The van der Waals surface area contributed by atoms with Gasteiger partial charge in [-0.25, -0.2) is 13.1 Å². The van der Waals surface area contributed by atoms with Crippen LogP contribution in [0.3, 0.4) is 0 Å². The second-order valence-electron chi connectivity index (χ2n) is 4.00. The highest BCUT2D eigenvalue weighted by atomic mass is 32.2. The second kappa shape index (κ2) is 5.45. The number of nitrogens with zero attached hydrogens (tertiary/aromatic N) is 2. The molecule has 0 radical (unpaired) electrons. The van der Waals surface area contributed by atoms with Crippen LogP contribution in [-0.4, -0.2) is 24.7 Å². The van der Waals surface area contributed by atoms with Crippen molar-refractivity contribution in [1.29, 1.82) is 0 Å². The van der Waals surface area contributed by atoms with Crippen LogP contribution in [0.2, 0.25) is 0 Å². The summed E-state index contributed by atoms with van der Waals surface area (Å²) in [4.78, 5) is 0.234. The van der Waals surface area contributed by atoms with Crippen molar-refractivity contribution < 1.29 is 8.42 Å². The summed E-state index contributed by atoms with van der Waals surface area (Å²) in [5.74, 6) is 0. The summed E-state index contributed by atoms with van der Waals surface area (Å²) in [6.07, 6.45) is 4.75. The Bertz CT molecular complexity index is 423. The second-order valence-corrected chi connectivity index (χ2v) is 5.77. The molecule has 6 heteroatoms. The van der Waals surface area contributed by atoms with Crippen molar-refractivity contribution in [2.24, 2.45) is 0 Å². The van der Waals surface area contributed by atoms with Gasteiger partial charge in [0.25, 0.3) is 0 Å². The molecule has 1 N–H and O–H groups in total. The van der Waals surface area contributed by atoms with Crippen molar-refractivity contribution in [3.63, 3.8) is 0 Å². The molecule has 0 amide bonds. The molecule has 0 unspecified atom stereocenters. The highest BCUT2D eigenvalue weighted by Crippen LogP contribution is 2.10. The molecule has 1 heterocycles. The van der Waals surface area contributed by atoms with Crippen molar-refractivity contribution in [2.45, 2.75) is 44.6 Å². The van der Waals surface area contributed by atoms with Crippen LogP contribution in [-0.2, 0) is 10.0 Å². The first-order chi connectivity index (χ1) is 7.47. The molecular weight excluding hydrogens is 226 g/mol. The van der Waals surface area contributed by atoms with E-state index in [1.165, 1.54) is 6.20 Å². The minimum atomic E-state index is -3.38. The summed E-state index contributed by atoms with van der Waals surface area (Å²) in [5.41, 5.74) is 0. The zero-order chi connectivity index (χ0) is 12.2. The van der Waals surface area contributed by atoms with Crippen LogP contribution >= 0.6 is 0 Å². The minimum Gasteiger partial charge on any atom is -0.269 e. The zero-order valence-corrected chi connectivity index (χ0v) is 10.8. The van der Waals surface area contributed by atoms with E-state index in [2.05, 4.69) is 9.82 Å². The van der Waals surface area contributed by atoms with Crippen LogP contribution in [0.5, 0.6) is 0 Å². The van der Waals surface area contributed by atoms with Crippen molar-refractivity contribution >= 4 is 10.0 Å². The number of nitrogens with one attached hydrogen (secondary N) is 1. The standard InChI is InChI=1S/C10H19N3O2S/c1-4-5-6-12-16(14,15)10-7-11-13(8-10)9(2)3/h7-9,12H,4-6H2,1-3H3. The third kappa shape index (κ3) is 3.31. The number of rotatable bonds is 6. The first-order valence-corrected chi connectivity index (χ1v) is 6.99. The summed E-state index contributed by atoms with van der Waals surface area (Å²) in [6, 6.07) is 0.166. The number of hydrogen-bond acceptors (Lipinski definition) is 3. The Morgan fingerprint density at radius 3 is 2.69 bits per heavy atom. The maximum absolute atomic E-state index is 11.8. The molecule has 0 aliphatic rings. The Morgan fingerprint density at radius 2 is 2.19 bits per heavy atom. The van der Waals surface area contributed by atoms with Crippen molar-refractivity contribution in [2.75, 3.05) is 6.54 Å². The maximum Gasteiger partial charge on any atom is 0.243 e. The van der Waals surface area contributed by atoms with Gasteiger partial charge in [-0.3, -0.25) is 4.68 Å². The average Bonchev–Trinajstić information content (AvgIpc) is 2.67. The molecule has 92 valence electrons. The van der Waals surface area contributed by atoms with Gasteiger partial charge in [0.05, 0.1) is 6.20 Å². The van der Waals surface area contributed by atoms with Crippen LogP contribution in [0.25, 0.3) is 0 Å². The molecule has 1 rings (SSSR count). The van der Waals surface area contributed by atoms with E-state index >= 15 is 0 Å². The molecule has 1 aromatic heterocycles. The highest BCUT2D eigenvalue weighted by molar-refractivity contribution is 7.89. The average molecular weight is 245 g/mol. The lowest BCUT2D eigenvalue weighted by atomic mass is 10.3. The van der Waals surface area contributed by atoms with Gasteiger partial charge in [0.2, 0.25) is 10.0 Å². The topological polar surface area (TPSA) is 64.0 Å². The highest BCUT2D eigenvalue weighted by Gasteiger charge is 2.16. The van der Waals surface area contributed by atoms with Crippen LogP contribution in [0, 0.1) is 0 Å². The molecule has 0 aromatic carbocycles. The maximum atomic E-state index is 11.8. The minimum absolute atomic E-state index is 0.166. The molecule has 0 aliphatic carbocycles. The Morgan fingerprint density at radius 1 is 1.50 bits per heavy atom. The molecule has 0 saturated carbocycles. The molecule has 5 nitrogen and oxygen atoms in total. The van der Waals surface area contributed by atoms with Crippen LogP contribution in [0.1, 0.15) is 39.7 Å². The van der Waals surface area contributed by atoms with Gasteiger partial charge in [0.1, 0.15) is 4.90 Å². The molecular formula is C10H19N3O2S. The van der Waals surface area contributed by atoms with E-state index < -0.39 is 10.0 Å². The van der Waals surface area contributed by atoms with Gasteiger partial charge in [-0.15, -0.1) is 0 Å². The summed E-state index contributed by atoms with van der Waals surface area (Å²) < 4.78 is 27.7. The number of hydrogen-bond donors (Lipinski definition) is 1. The molecule has 0 bridgehead atoms. The summed E-state index contributed by atoms with van der Waals surface area (Å²) in [5, 5.41) is 4.01. The fourth-order valence-electron chi connectivity index (χ4n) is 1.21. The first kappa shape index (κ1) is 13.2. The van der Waals surface area contributed by atoms with Crippen LogP contribution in [0.4, 0.5) is 0 Å². The Labute approximate surface area is 96.9 Å². The van der Waals surface area contributed by atoms with Gasteiger partial charge in [-0.2, -0.15) is 5.10 Å². The predicted octanol–water partition coefficient (Wildman–Crippen LogP) is 1.54. The predicted molar refractivity (Wildman–Crippen MR) is 62.7 cm³/mol. The third-order valence-corrected chi connectivity index (χ3v) is 3.66. The van der Waals surface area contributed by atoms with Gasteiger partial charge in [-0.1, -0.05) is 13.3 Å². The zero-order valence-electron chi connectivity index (χ0n) is 9.97. The molecule has 0 aliphatic heterocycles. The number of sulfonamides is 1. The Hall–Kier alpha value is -0.880. The van der Waals surface area contributed by atoms with E-state index in [9.17, 15) is 8.42 Å². The molecule has 1 aromatic rings. The lowest BCUT2D eigenvalue weighted by Gasteiger charge is -2.04. The molecule has 0 atom stereocenters. The van der Waals surface area contributed by atoms with Gasteiger partial charge in [-0.05, 0) is 20.3 Å². The van der Waals surface area contributed by atoms with E-state index in [-0.39, 0.29) is 10.9 Å². The Kier molecular flexibility index (Phi) is 4.49. The lowest BCUT2D eigenvalue weighted by Crippen LogP contribution is -2.24. The van der Waals surface area contributed by atoms with Crippen molar-refractivity contribution in [3.05, 3.63) is 12.4 Å². The summed E-state index contributed by atoms with van der Waals surface area (Å²) in [6.45, 7) is 6.40. The fourth-order valence-corrected chi connectivity index (χ4v) is 2.22. The van der Waals surface area contributed by atoms with Crippen LogP contribution < -0.4 is 4.72 Å². The van der Waals surface area contributed by atoms with E-state index in [4.69, 9.17) is 0 Å². The van der Waals surface area contributed by atoms with E-state index in [1.807, 2.05) is 20.8 Å². The quantitative estimate of drug-likeness (QED) is 0.773. The van der Waals surface area contributed by atoms with E-state index in [0.717, 1.165) is 12.8 Å². The SMILES string of the molecule is CCCCNS(=O)(=O)c1cnn(C(C)C)c1. The van der Waals surface area contributed by atoms with Gasteiger partial charge < -0.3 is 0 Å². The third-order valence-electron chi connectivity index (χ3n) is 2.24. The van der Waals surface area contributed by atoms with E-state index in [1.54, 1.807) is 10.9 Å². The van der Waals surface area contributed by atoms with Gasteiger partial charge in [0, 0.05) is 18.8 Å². The smallest absolute Gasteiger partial charge is 0.243 e. The fraction of sp³-hybridized carbons (Fsp3) is 0.700. The molecule has 0 spiro atoms. The van der Waals surface area contributed by atoms with Gasteiger partial charge in [0.15, 0.2) is 0 Å². The first-order valence-electron chi connectivity index (χ1n) is 5.51. The van der Waals surface area contributed by atoms with Gasteiger partial charge >= 0.3 is 0 Å². The molecule has 0 fully saturated rings.